The van der Waals surface area contributed by atoms with Crippen molar-refractivity contribution in [2.24, 2.45) is 0 Å². The lowest BCUT2D eigenvalue weighted by Gasteiger charge is -2.07. The average Bonchev–Trinajstić information content (AvgIpc) is 2.55. The van der Waals surface area contributed by atoms with Crippen LogP contribution in [0.1, 0.15) is 22.3 Å². The number of pyridine rings is 1. The maximum atomic E-state index is 11.9. The minimum absolute atomic E-state index is 0.143. The van der Waals surface area contributed by atoms with Gasteiger partial charge in [-0.2, -0.15) is 0 Å². The Morgan fingerprint density at radius 1 is 1.09 bits per heavy atom. The second-order valence-corrected chi connectivity index (χ2v) is 6.08. The summed E-state index contributed by atoms with van der Waals surface area (Å²) in [6.45, 7) is 0.656. The molecule has 0 atom stereocenters. The second-order valence-electron chi connectivity index (χ2n) is 4.78. The largest absolute Gasteiger partial charge is 0.352 e. The number of nitrogens with one attached hydrogen (secondary N) is 2. The van der Waals surface area contributed by atoms with Crippen LogP contribution in [-0.2, 0) is 11.3 Å². The fourth-order valence-corrected chi connectivity index (χ4v) is 2.17. The number of aromatic nitrogens is 1. The molecular weight excluding hydrogens is 382 g/mol. The molecule has 0 aliphatic carbocycles. The third-order valence-corrected chi connectivity index (χ3v) is 3.77. The third kappa shape index (κ3) is 6.00. The molecule has 0 fully saturated rings. The maximum Gasteiger partial charge on any atom is 0.251 e. The quantitative estimate of drug-likeness (QED) is 0.738. The van der Waals surface area contributed by atoms with E-state index in [4.69, 9.17) is 11.6 Å². The van der Waals surface area contributed by atoms with Crippen molar-refractivity contribution < 1.29 is 9.59 Å². The summed E-state index contributed by atoms with van der Waals surface area (Å²) in [5, 5.41) is 5.88. The number of carbonyl (C=O) groups is 2. The van der Waals surface area contributed by atoms with Crippen molar-refractivity contribution in [1.29, 1.82) is 0 Å². The monoisotopic (exact) mass is 395 g/mol. The normalized spacial score (nSPS) is 10.2. The molecule has 2 amide bonds. The summed E-state index contributed by atoms with van der Waals surface area (Å²) in [6, 6.07) is 10.5. The molecule has 23 heavy (non-hydrogen) atoms. The number of amides is 2. The molecular formula is C16H15BrClN3O2. The number of nitrogens with zero attached hydrogens (tertiary/aromatic N) is 1. The first-order chi connectivity index (χ1) is 11.0. The van der Waals surface area contributed by atoms with Crippen molar-refractivity contribution in [3.63, 3.8) is 0 Å². The maximum absolute atomic E-state index is 11.9. The van der Waals surface area contributed by atoms with Crippen LogP contribution in [0, 0.1) is 0 Å². The lowest BCUT2D eigenvalue weighted by atomic mass is 10.2. The summed E-state index contributed by atoms with van der Waals surface area (Å²) < 4.78 is 0.908. The number of hydrogen-bond donors (Lipinski definition) is 2. The highest BCUT2D eigenvalue weighted by Gasteiger charge is 2.06. The van der Waals surface area contributed by atoms with Crippen LogP contribution in [0.2, 0.25) is 5.15 Å². The Bertz CT molecular complexity index is 675. The van der Waals surface area contributed by atoms with Crippen molar-refractivity contribution in [3.8, 4) is 0 Å². The highest BCUT2D eigenvalue weighted by Crippen LogP contribution is 2.10. The van der Waals surface area contributed by atoms with Crippen LogP contribution in [0.4, 0.5) is 0 Å². The summed E-state index contributed by atoms with van der Waals surface area (Å²) in [5.74, 6) is -0.344. The zero-order chi connectivity index (χ0) is 16.7. The Kier molecular flexibility index (Phi) is 6.55. The standard InChI is InChI=1S/C16H15BrClN3O2/c17-13-4-2-12(3-5-13)16(23)19-8-7-15(22)21-10-11-1-6-14(18)20-9-11/h1-6,9H,7-8,10H2,(H,19,23)(H,21,22). The van der Waals surface area contributed by atoms with Gasteiger partial charge in [-0.1, -0.05) is 33.6 Å². The first kappa shape index (κ1) is 17.4. The molecule has 0 unspecified atom stereocenters. The van der Waals surface area contributed by atoms with Gasteiger partial charge in [-0.25, -0.2) is 4.98 Å². The average molecular weight is 397 g/mol. The van der Waals surface area contributed by atoms with E-state index in [1.165, 1.54) is 0 Å². The van der Waals surface area contributed by atoms with E-state index in [0.29, 0.717) is 17.3 Å². The van der Waals surface area contributed by atoms with Crippen LogP contribution in [-0.4, -0.2) is 23.3 Å². The molecule has 0 spiro atoms. The van der Waals surface area contributed by atoms with Gasteiger partial charge in [0.15, 0.2) is 0 Å². The lowest BCUT2D eigenvalue weighted by molar-refractivity contribution is -0.121. The molecule has 2 N–H and O–H groups in total. The predicted molar refractivity (Wildman–Crippen MR) is 92.2 cm³/mol. The number of halogens is 2. The highest BCUT2D eigenvalue weighted by atomic mass is 79.9. The summed E-state index contributed by atoms with van der Waals surface area (Å²) in [6.07, 6.45) is 1.82. The molecule has 0 bridgehead atoms. The summed E-state index contributed by atoms with van der Waals surface area (Å²) in [4.78, 5) is 27.5. The fraction of sp³-hybridized carbons (Fsp3) is 0.188. The lowest BCUT2D eigenvalue weighted by Crippen LogP contribution is -2.30. The van der Waals surface area contributed by atoms with Crippen LogP contribution in [0.25, 0.3) is 0 Å². The van der Waals surface area contributed by atoms with Gasteiger partial charge in [-0.05, 0) is 35.9 Å². The van der Waals surface area contributed by atoms with Gasteiger partial charge >= 0.3 is 0 Å². The zero-order valence-corrected chi connectivity index (χ0v) is 14.5. The van der Waals surface area contributed by atoms with Crippen LogP contribution >= 0.6 is 27.5 Å². The van der Waals surface area contributed by atoms with Crippen molar-refractivity contribution in [2.75, 3.05) is 6.54 Å². The van der Waals surface area contributed by atoms with Gasteiger partial charge in [0.05, 0.1) is 0 Å². The summed E-state index contributed by atoms with van der Waals surface area (Å²) >= 11 is 9.00. The molecule has 0 aliphatic rings. The molecule has 0 saturated heterocycles. The molecule has 120 valence electrons. The minimum atomic E-state index is -0.202. The SMILES string of the molecule is O=C(CCNC(=O)c1ccc(Br)cc1)NCc1ccc(Cl)nc1. The van der Waals surface area contributed by atoms with Gasteiger partial charge in [-0.3, -0.25) is 9.59 Å². The van der Waals surface area contributed by atoms with E-state index >= 15 is 0 Å². The van der Waals surface area contributed by atoms with Crippen molar-refractivity contribution in [2.45, 2.75) is 13.0 Å². The molecule has 1 aromatic carbocycles. The van der Waals surface area contributed by atoms with Crippen LogP contribution in [0.5, 0.6) is 0 Å². The second kappa shape index (κ2) is 8.64. The van der Waals surface area contributed by atoms with Crippen molar-refractivity contribution >= 4 is 39.3 Å². The molecule has 7 heteroatoms. The molecule has 2 rings (SSSR count). The van der Waals surface area contributed by atoms with Crippen LogP contribution in [0.15, 0.2) is 47.1 Å². The molecule has 2 aromatic rings. The van der Waals surface area contributed by atoms with Gasteiger partial charge in [0.1, 0.15) is 5.15 Å². The predicted octanol–water partition coefficient (Wildman–Crippen LogP) is 2.93. The van der Waals surface area contributed by atoms with Gasteiger partial charge in [0, 0.05) is 35.7 Å². The molecule has 1 aromatic heterocycles. The van der Waals surface area contributed by atoms with Gasteiger partial charge in [-0.15, -0.1) is 0 Å². The minimum Gasteiger partial charge on any atom is -0.352 e. The summed E-state index contributed by atoms with van der Waals surface area (Å²) in [5.41, 5.74) is 1.42. The van der Waals surface area contributed by atoms with Gasteiger partial charge in [0.25, 0.3) is 5.91 Å². The summed E-state index contributed by atoms with van der Waals surface area (Å²) in [7, 11) is 0. The first-order valence-electron chi connectivity index (χ1n) is 6.95. The van der Waals surface area contributed by atoms with Gasteiger partial charge in [0.2, 0.25) is 5.91 Å². The fourth-order valence-electron chi connectivity index (χ4n) is 1.79. The third-order valence-electron chi connectivity index (χ3n) is 3.02. The van der Waals surface area contributed by atoms with E-state index in [0.717, 1.165) is 10.0 Å². The van der Waals surface area contributed by atoms with E-state index in [9.17, 15) is 9.59 Å². The Morgan fingerprint density at radius 3 is 2.48 bits per heavy atom. The number of benzene rings is 1. The topological polar surface area (TPSA) is 71.1 Å². The van der Waals surface area contributed by atoms with Gasteiger partial charge < -0.3 is 10.6 Å². The Balaban J connectivity index is 1.69. The molecule has 5 nitrogen and oxygen atoms in total. The number of rotatable bonds is 6. The Hall–Kier alpha value is -1.92. The molecule has 1 heterocycles. The molecule has 0 radical (unpaired) electrons. The number of carbonyl (C=O) groups excluding carboxylic acids is 2. The number of hydrogen-bond acceptors (Lipinski definition) is 3. The van der Waals surface area contributed by atoms with E-state index in [1.54, 1.807) is 42.6 Å². The Morgan fingerprint density at radius 2 is 1.83 bits per heavy atom. The zero-order valence-electron chi connectivity index (χ0n) is 12.2. The van der Waals surface area contributed by atoms with Crippen molar-refractivity contribution in [3.05, 3.63) is 63.3 Å². The highest BCUT2D eigenvalue weighted by molar-refractivity contribution is 9.10. The van der Waals surface area contributed by atoms with Crippen molar-refractivity contribution in [1.82, 2.24) is 15.6 Å². The van der Waals surface area contributed by atoms with Crippen LogP contribution in [0.3, 0.4) is 0 Å². The smallest absolute Gasteiger partial charge is 0.251 e. The van der Waals surface area contributed by atoms with Crippen LogP contribution < -0.4 is 10.6 Å². The first-order valence-corrected chi connectivity index (χ1v) is 8.12. The van der Waals surface area contributed by atoms with E-state index < -0.39 is 0 Å². The Labute approximate surface area is 147 Å². The molecule has 0 saturated carbocycles. The van der Waals surface area contributed by atoms with E-state index in [1.807, 2.05) is 0 Å². The van der Waals surface area contributed by atoms with E-state index in [-0.39, 0.29) is 24.8 Å². The van der Waals surface area contributed by atoms with E-state index in [2.05, 4.69) is 31.5 Å². The molecule has 0 aliphatic heterocycles.